The first kappa shape index (κ1) is 12.1. The van der Waals surface area contributed by atoms with Gasteiger partial charge >= 0.3 is 0 Å². The van der Waals surface area contributed by atoms with E-state index >= 15 is 0 Å². The van der Waals surface area contributed by atoms with E-state index in [2.05, 4.69) is 43.4 Å². The smallest absolute Gasteiger partial charge is 0.0504 e. The van der Waals surface area contributed by atoms with Crippen molar-refractivity contribution in [3.8, 4) is 0 Å². The van der Waals surface area contributed by atoms with Gasteiger partial charge in [0.25, 0.3) is 0 Å². The molecule has 0 heterocycles. The largest absolute Gasteiger partial charge is 0.384 e. The van der Waals surface area contributed by atoms with E-state index in [0.29, 0.717) is 5.92 Å². The van der Waals surface area contributed by atoms with Gasteiger partial charge in [-0.3, -0.25) is 0 Å². The van der Waals surface area contributed by atoms with Crippen molar-refractivity contribution in [2.45, 2.75) is 20.3 Å². The molecular weight excluding hydrogens is 186 g/mol. The van der Waals surface area contributed by atoms with E-state index in [9.17, 15) is 0 Å². The molecule has 0 amide bonds. The third-order valence-corrected chi connectivity index (χ3v) is 2.49. The number of anilines is 1. The fourth-order valence-corrected chi connectivity index (χ4v) is 1.63. The standard InChI is InChI=1S/C13H21NO/c1-4-12-7-5-6-8-13(12)14-9-11(2)10-15-3/h5-8,11,14H,4,9-10H2,1-3H3. The highest BCUT2D eigenvalue weighted by atomic mass is 16.5. The first-order valence-corrected chi connectivity index (χ1v) is 5.58. The van der Waals surface area contributed by atoms with E-state index in [-0.39, 0.29) is 0 Å². The van der Waals surface area contributed by atoms with Crippen LogP contribution >= 0.6 is 0 Å². The highest BCUT2D eigenvalue weighted by Crippen LogP contribution is 2.15. The van der Waals surface area contributed by atoms with Crippen LogP contribution in [0.15, 0.2) is 24.3 Å². The first-order valence-electron chi connectivity index (χ1n) is 5.58. The molecule has 1 unspecified atom stereocenters. The molecule has 0 bridgehead atoms. The Bertz CT molecular complexity index is 286. The average Bonchev–Trinajstić information content (AvgIpc) is 2.27. The Kier molecular flexibility index (Phi) is 5.19. The molecule has 2 nitrogen and oxygen atoms in total. The molecule has 1 aromatic rings. The molecule has 0 saturated carbocycles. The second-order valence-corrected chi connectivity index (χ2v) is 3.95. The molecule has 0 aliphatic heterocycles. The zero-order chi connectivity index (χ0) is 11.1. The lowest BCUT2D eigenvalue weighted by molar-refractivity contribution is 0.164. The molecule has 0 spiro atoms. The number of hydrogen-bond donors (Lipinski definition) is 1. The number of nitrogens with one attached hydrogen (secondary N) is 1. The predicted molar refractivity (Wildman–Crippen MR) is 65.3 cm³/mol. The van der Waals surface area contributed by atoms with E-state index < -0.39 is 0 Å². The van der Waals surface area contributed by atoms with Gasteiger partial charge in [-0.2, -0.15) is 0 Å². The quantitative estimate of drug-likeness (QED) is 0.774. The summed E-state index contributed by atoms with van der Waals surface area (Å²) in [5.74, 6) is 0.542. The van der Waals surface area contributed by atoms with Gasteiger partial charge in [-0.1, -0.05) is 32.0 Å². The maximum Gasteiger partial charge on any atom is 0.0504 e. The van der Waals surface area contributed by atoms with Gasteiger partial charge in [0, 0.05) is 19.3 Å². The summed E-state index contributed by atoms with van der Waals surface area (Å²) in [4.78, 5) is 0. The molecule has 0 radical (unpaired) electrons. The maximum atomic E-state index is 5.11. The van der Waals surface area contributed by atoms with Crippen LogP contribution in [0.5, 0.6) is 0 Å². The highest BCUT2D eigenvalue weighted by Gasteiger charge is 2.03. The second kappa shape index (κ2) is 6.46. The lowest BCUT2D eigenvalue weighted by atomic mass is 10.1. The monoisotopic (exact) mass is 207 g/mol. The average molecular weight is 207 g/mol. The van der Waals surface area contributed by atoms with Gasteiger partial charge in [0.1, 0.15) is 0 Å². The van der Waals surface area contributed by atoms with Gasteiger partial charge < -0.3 is 10.1 Å². The number of methoxy groups -OCH3 is 1. The van der Waals surface area contributed by atoms with Crippen LogP contribution in [-0.4, -0.2) is 20.3 Å². The summed E-state index contributed by atoms with van der Waals surface area (Å²) in [6.45, 7) is 6.14. The number of para-hydroxylation sites is 1. The molecule has 84 valence electrons. The third kappa shape index (κ3) is 3.92. The van der Waals surface area contributed by atoms with Crippen molar-refractivity contribution in [3.05, 3.63) is 29.8 Å². The molecule has 0 fully saturated rings. The van der Waals surface area contributed by atoms with E-state index in [0.717, 1.165) is 19.6 Å². The van der Waals surface area contributed by atoms with Crippen LogP contribution in [0.25, 0.3) is 0 Å². The molecule has 0 aliphatic carbocycles. The fourth-order valence-electron chi connectivity index (χ4n) is 1.63. The van der Waals surface area contributed by atoms with Crippen molar-refractivity contribution >= 4 is 5.69 Å². The van der Waals surface area contributed by atoms with E-state index in [1.54, 1.807) is 7.11 Å². The molecule has 1 aromatic carbocycles. The SMILES string of the molecule is CCc1ccccc1NCC(C)COC. The Morgan fingerprint density at radius 2 is 2.07 bits per heavy atom. The normalized spacial score (nSPS) is 12.5. The molecule has 15 heavy (non-hydrogen) atoms. The Morgan fingerprint density at radius 1 is 1.33 bits per heavy atom. The van der Waals surface area contributed by atoms with Crippen molar-refractivity contribution in [3.63, 3.8) is 0 Å². The van der Waals surface area contributed by atoms with Gasteiger partial charge in [-0.25, -0.2) is 0 Å². The number of hydrogen-bond acceptors (Lipinski definition) is 2. The number of benzene rings is 1. The lowest BCUT2D eigenvalue weighted by Gasteiger charge is -2.14. The molecule has 1 N–H and O–H groups in total. The highest BCUT2D eigenvalue weighted by molar-refractivity contribution is 5.50. The molecule has 2 heteroatoms. The Balaban J connectivity index is 2.49. The van der Waals surface area contributed by atoms with E-state index in [1.807, 2.05) is 0 Å². The topological polar surface area (TPSA) is 21.3 Å². The van der Waals surface area contributed by atoms with Crippen molar-refractivity contribution in [1.82, 2.24) is 0 Å². The number of aryl methyl sites for hydroxylation is 1. The summed E-state index contributed by atoms with van der Waals surface area (Å²) in [5.41, 5.74) is 2.63. The summed E-state index contributed by atoms with van der Waals surface area (Å²) in [6.07, 6.45) is 1.07. The van der Waals surface area contributed by atoms with Crippen LogP contribution < -0.4 is 5.32 Å². The van der Waals surface area contributed by atoms with Crippen LogP contribution in [-0.2, 0) is 11.2 Å². The molecule has 1 rings (SSSR count). The van der Waals surface area contributed by atoms with E-state index in [1.165, 1.54) is 11.3 Å². The molecule has 1 atom stereocenters. The zero-order valence-electron chi connectivity index (χ0n) is 9.92. The van der Waals surface area contributed by atoms with Gasteiger partial charge in [-0.15, -0.1) is 0 Å². The van der Waals surface area contributed by atoms with Crippen LogP contribution in [0.1, 0.15) is 19.4 Å². The maximum absolute atomic E-state index is 5.11. The minimum atomic E-state index is 0.542. The molecular formula is C13H21NO. The van der Waals surface area contributed by atoms with Gasteiger partial charge in [0.2, 0.25) is 0 Å². The van der Waals surface area contributed by atoms with Crippen LogP contribution in [0.2, 0.25) is 0 Å². The van der Waals surface area contributed by atoms with Crippen molar-refractivity contribution < 1.29 is 4.74 Å². The van der Waals surface area contributed by atoms with Crippen LogP contribution in [0, 0.1) is 5.92 Å². The molecule has 0 aliphatic rings. The zero-order valence-corrected chi connectivity index (χ0v) is 9.92. The lowest BCUT2D eigenvalue weighted by Crippen LogP contribution is -2.16. The summed E-state index contributed by atoms with van der Waals surface area (Å²) in [6, 6.07) is 8.47. The Labute approximate surface area is 92.6 Å². The fraction of sp³-hybridized carbons (Fsp3) is 0.538. The second-order valence-electron chi connectivity index (χ2n) is 3.95. The van der Waals surface area contributed by atoms with E-state index in [4.69, 9.17) is 4.74 Å². The van der Waals surface area contributed by atoms with Gasteiger partial charge in [-0.05, 0) is 24.0 Å². The number of ether oxygens (including phenoxy) is 1. The molecule has 0 saturated heterocycles. The molecule has 0 aromatic heterocycles. The summed E-state index contributed by atoms with van der Waals surface area (Å²) in [7, 11) is 1.75. The Morgan fingerprint density at radius 3 is 2.73 bits per heavy atom. The van der Waals surface area contributed by atoms with Gasteiger partial charge in [0.05, 0.1) is 6.61 Å². The van der Waals surface area contributed by atoms with Gasteiger partial charge in [0.15, 0.2) is 0 Å². The van der Waals surface area contributed by atoms with Crippen LogP contribution in [0.4, 0.5) is 5.69 Å². The summed E-state index contributed by atoms with van der Waals surface area (Å²) in [5, 5.41) is 3.47. The Hall–Kier alpha value is -1.02. The predicted octanol–water partition coefficient (Wildman–Crippen LogP) is 2.94. The minimum Gasteiger partial charge on any atom is -0.384 e. The van der Waals surface area contributed by atoms with Crippen molar-refractivity contribution in [2.75, 3.05) is 25.6 Å². The minimum absolute atomic E-state index is 0.542. The third-order valence-electron chi connectivity index (χ3n) is 2.49. The van der Waals surface area contributed by atoms with Crippen molar-refractivity contribution in [1.29, 1.82) is 0 Å². The summed E-state index contributed by atoms with van der Waals surface area (Å²) >= 11 is 0. The van der Waals surface area contributed by atoms with Crippen LogP contribution in [0.3, 0.4) is 0 Å². The first-order chi connectivity index (χ1) is 7.27. The number of rotatable bonds is 6. The van der Waals surface area contributed by atoms with Crippen molar-refractivity contribution in [2.24, 2.45) is 5.92 Å². The summed E-state index contributed by atoms with van der Waals surface area (Å²) < 4.78 is 5.11.